The number of phosphoric acid groups is 1. The maximum Gasteiger partial charge on any atom is 0.268 e. The molecule has 1 N–H and O–H groups in total. The van der Waals surface area contributed by atoms with Crippen molar-refractivity contribution in [3.05, 3.63) is 12.2 Å². The Morgan fingerprint density at radius 3 is 1.55 bits per heavy atom. The number of quaternary nitrogens is 1. The number of unbranched alkanes of at least 4 members (excludes halogenated alkanes) is 23. The van der Waals surface area contributed by atoms with E-state index in [1.165, 1.54) is 127 Å². The Kier molecular flexibility index (Phi) is 31.4. The van der Waals surface area contributed by atoms with Crippen LogP contribution in [0.3, 0.4) is 0 Å². The summed E-state index contributed by atoms with van der Waals surface area (Å²) >= 11 is 0. The number of amides is 1. The summed E-state index contributed by atoms with van der Waals surface area (Å²) in [6, 6.07) is -0.827. The molecular weight excluding hydrogens is 635 g/mol. The molecule has 1 amide bonds. The number of hydrogen-bond donors (Lipinski definition) is 1. The number of carbonyl (C=O) groups excluding carboxylic acids is 1. The topological polar surface area (TPSA) is 99.1 Å². The van der Waals surface area contributed by atoms with E-state index in [0.29, 0.717) is 17.4 Å². The molecule has 0 aliphatic rings. The minimum atomic E-state index is -4.59. The van der Waals surface area contributed by atoms with Crippen LogP contribution in [0.2, 0.25) is 0 Å². The Hall–Kier alpha value is -0.760. The summed E-state index contributed by atoms with van der Waals surface area (Å²) in [5, 5.41) is 11.1. The van der Waals surface area contributed by atoms with Crippen molar-refractivity contribution in [2.75, 3.05) is 47.9 Å². The van der Waals surface area contributed by atoms with Gasteiger partial charge in [-0.15, -0.1) is 0 Å². The molecule has 0 heterocycles. The number of carbonyl (C=O) groups is 1. The van der Waals surface area contributed by atoms with E-state index >= 15 is 0 Å². The molecule has 0 aromatic heterocycles. The van der Waals surface area contributed by atoms with E-state index < -0.39 is 20.0 Å². The lowest BCUT2D eigenvalue weighted by molar-refractivity contribution is -0.870. The first kappa shape index (κ1) is 48.2. The molecule has 0 aromatic carbocycles. The van der Waals surface area contributed by atoms with E-state index in [-0.39, 0.29) is 19.1 Å². The molecule has 0 bridgehead atoms. The van der Waals surface area contributed by atoms with Gasteiger partial charge in [0.15, 0.2) is 0 Å². The Morgan fingerprint density at radius 1 is 0.714 bits per heavy atom. The van der Waals surface area contributed by atoms with Gasteiger partial charge in [-0.3, -0.25) is 9.36 Å². The lowest BCUT2D eigenvalue weighted by Gasteiger charge is -2.33. The van der Waals surface area contributed by atoms with Crippen LogP contribution in [-0.4, -0.2) is 80.5 Å². The first-order valence-corrected chi connectivity index (χ1v) is 21.9. The molecule has 292 valence electrons. The summed E-state index contributed by atoms with van der Waals surface area (Å²) in [6.07, 6.45) is 34.0. The van der Waals surface area contributed by atoms with Crippen LogP contribution in [0.1, 0.15) is 181 Å². The van der Waals surface area contributed by atoms with E-state index in [9.17, 15) is 19.4 Å². The minimum Gasteiger partial charge on any atom is -0.756 e. The molecule has 0 rings (SSSR count). The monoisotopic (exact) mass is 717 g/mol. The van der Waals surface area contributed by atoms with E-state index in [1.54, 1.807) is 13.1 Å². The van der Waals surface area contributed by atoms with Crippen LogP contribution >= 0.6 is 7.82 Å². The Labute approximate surface area is 304 Å². The summed E-state index contributed by atoms with van der Waals surface area (Å²) in [5.74, 6) is -0.110. The maximum atomic E-state index is 13.1. The number of rotatable bonds is 36. The van der Waals surface area contributed by atoms with Crippen molar-refractivity contribution in [1.29, 1.82) is 0 Å². The van der Waals surface area contributed by atoms with Crippen LogP contribution in [0, 0.1) is 0 Å². The number of nitrogens with zero attached hydrogens (tertiary/aromatic N) is 2. The zero-order valence-electron chi connectivity index (χ0n) is 33.1. The zero-order valence-corrected chi connectivity index (χ0v) is 34.0. The molecule has 0 saturated carbocycles. The third kappa shape index (κ3) is 31.7. The summed E-state index contributed by atoms with van der Waals surface area (Å²) < 4.78 is 23.4. The van der Waals surface area contributed by atoms with Crippen LogP contribution in [-0.2, 0) is 18.4 Å². The molecule has 9 heteroatoms. The van der Waals surface area contributed by atoms with E-state index in [2.05, 4.69) is 13.8 Å². The molecule has 1 unspecified atom stereocenters. The van der Waals surface area contributed by atoms with E-state index in [1.807, 2.05) is 27.2 Å². The maximum absolute atomic E-state index is 13.1. The van der Waals surface area contributed by atoms with Crippen LogP contribution < -0.4 is 4.89 Å². The summed E-state index contributed by atoms with van der Waals surface area (Å²) in [6.45, 7) is 4.66. The SMILES string of the molecule is CCCCCCCCCCCCC/C=C/[C@@H](O)[C@H](COP(=O)([O-])OCC[N+](C)(C)C)N(C)C(=O)CCCCCCCCCCCCCCC. The number of aliphatic hydroxyl groups is 1. The highest BCUT2D eigenvalue weighted by molar-refractivity contribution is 7.45. The Bertz CT molecular complexity index is 834. The Balaban J connectivity index is 4.66. The quantitative estimate of drug-likeness (QED) is 0.0300. The lowest BCUT2D eigenvalue weighted by atomic mass is 10.0. The predicted octanol–water partition coefficient (Wildman–Crippen LogP) is 10.1. The van der Waals surface area contributed by atoms with Gasteiger partial charge in [0.2, 0.25) is 5.91 Å². The Morgan fingerprint density at radius 2 is 1.12 bits per heavy atom. The smallest absolute Gasteiger partial charge is 0.268 e. The molecule has 0 aliphatic heterocycles. The third-order valence-corrected chi connectivity index (χ3v) is 10.5. The minimum absolute atomic E-state index is 0.00414. The van der Waals surface area contributed by atoms with Crippen molar-refractivity contribution in [3.63, 3.8) is 0 Å². The average Bonchev–Trinajstić information content (AvgIpc) is 3.04. The van der Waals surface area contributed by atoms with Crippen molar-refractivity contribution >= 4 is 13.7 Å². The van der Waals surface area contributed by atoms with Gasteiger partial charge in [0.05, 0.1) is 39.9 Å². The molecule has 0 spiro atoms. The number of phosphoric ester groups is 1. The predicted molar refractivity (Wildman–Crippen MR) is 206 cm³/mol. The number of likely N-dealkylation sites (N-methyl/N-ethyl adjacent to an activating group) is 2. The van der Waals surface area contributed by atoms with E-state index in [4.69, 9.17) is 9.05 Å². The third-order valence-electron chi connectivity index (χ3n) is 9.50. The van der Waals surface area contributed by atoms with Gasteiger partial charge in [-0.25, -0.2) is 0 Å². The van der Waals surface area contributed by atoms with Crippen molar-refractivity contribution in [1.82, 2.24) is 4.90 Å². The molecule has 0 fully saturated rings. The second-order valence-electron chi connectivity index (χ2n) is 15.4. The number of hydrogen-bond acceptors (Lipinski definition) is 6. The highest BCUT2D eigenvalue weighted by Crippen LogP contribution is 2.38. The van der Waals surface area contributed by atoms with Crippen molar-refractivity contribution in [2.24, 2.45) is 0 Å². The molecule has 0 aliphatic carbocycles. The fourth-order valence-corrected chi connectivity index (χ4v) is 6.73. The van der Waals surface area contributed by atoms with Gasteiger partial charge in [-0.2, -0.15) is 0 Å². The standard InChI is InChI=1S/C40H81N2O6P/c1-7-9-11-13-15-17-19-21-23-25-27-29-31-33-39(43)38(37-48-49(45,46)47-36-35-42(4,5)6)41(3)40(44)34-32-30-28-26-24-22-20-18-16-14-12-10-8-2/h31,33,38-39,43H,7-30,32,34-37H2,1-6H3/b33-31+/t38-,39+/m0/s1. The first-order valence-electron chi connectivity index (χ1n) is 20.4. The van der Waals surface area contributed by atoms with Crippen LogP contribution in [0.15, 0.2) is 12.2 Å². The van der Waals surface area contributed by atoms with Gasteiger partial charge in [0.25, 0.3) is 7.82 Å². The second kappa shape index (κ2) is 31.9. The summed E-state index contributed by atoms with van der Waals surface area (Å²) in [4.78, 5) is 27.1. The van der Waals surface area contributed by atoms with Crippen LogP contribution in [0.4, 0.5) is 0 Å². The van der Waals surface area contributed by atoms with Gasteiger partial charge in [0, 0.05) is 13.5 Å². The van der Waals surface area contributed by atoms with Gasteiger partial charge in [-0.05, 0) is 19.3 Å². The molecular formula is C40H81N2O6P. The fraction of sp³-hybridized carbons (Fsp3) is 0.925. The lowest BCUT2D eigenvalue weighted by Crippen LogP contribution is -2.47. The van der Waals surface area contributed by atoms with Crippen LogP contribution in [0.5, 0.6) is 0 Å². The molecule has 0 aromatic rings. The van der Waals surface area contributed by atoms with Gasteiger partial charge in [0.1, 0.15) is 13.2 Å². The number of aliphatic hydroxyl groups excluding tert-OH is 1. The second-order valence-corrected chi connectivity index (χ2v) is 16.8. The van der Waals surface area contributed by atoms with Gasteiger partial charge < -0.3 is 28.4 Å². The average molecular weight is 717 g/mol. The first-order chi connectivity index (χ1) is 23.4. The zero-order chi connectivity index (χ0) is 36.6. The molecule has 49 heavy (non-hydrogen) atoms. The fourth-order valence-electron chi connectivity index (χ4n) is 6.02. The molecule has 3 atom stereocenters. The highest BCUT2D eigenvalue weighted by Gasteiger charge is 2.27. The van der Waals surface area contributed by atoms with Crippen LogP contribution in [0.25, 0.3) is 0 Å². The number of allylic oxidation sites excluding steroid dienone is 1. The van der Waals surface area contributed by atoms with Crippen molar-refractivity contribution in [3.8, 4) is 0 Å². The molecule has 0 radical (unpaired) electrons. The van der Waals surface area contributed by atoms with E-state index in [0.717, 1.165) is 38.5 Å². The summed E-state index contributed by atoms with van der Waals surface area (Å²) in [7, 11) is 2.90. The van der Waals surface area contributed by atoms with Crippen molar-refractivity contribution < 1.29 is 32.9 Å². The highest BCUT2D eigenvalue weighted by atomic mass is 31.2. The summed E-state index contributed by atoms with van der Waals surface area (Å²) in [5.41, 5.74) is 0. The molecule has 0 saturated heterocycles. The van der Waals surface area contributed by atoms with Gasteiger partial charge in [-0.1, -0.05) is 167 Å². The van der Waals surface area contributed by atoms with Gasteiger partial charge >= 0.3 is 0 Å². The molecule has 8 nitrogen and oxygen atoms in total. The van der Waals surface area contributed by atoms with Crippen molar-refractivity contribution in [2.45, 2.75) is 193 Å². The largest absolute Gasteiger partial charge is 0.756 e. The normalized spacial score (nSPS) is 14.7.